The van der Waals surface area contributed by atoms with E-state index in [1.807, 2.05) is 25.7 Å². The Hall–Kier alpha value is -1.14. The Morgan fingerprint density at radius 2 is 1.76 bits per heavy atom. The molecule has 0 saturated carbocycles. The van der Waals surface area contributed by atoms with Crippen LogP contribution < -0.4 is 5.73 Å². The lowest BCUT2D eigenvalue weighted by Crippen LogP contribution is -2.43. The Labute approximate surface area is 121 Å². The van der Waals surface area contributed by atoms with Gasteiger partial charge in [-0.15, -0.1) is 0 Å². The van der Waals surface area contributed by atoms with E-state index in [1.54, 1.807) is 0 Å². The van der Waals surface area contributed by atoms with Crippen molar-refractivity contribution >= 4 is 0 Å². The highest BCUT2D eigenvalue weighted by Gasteiger charge is 2.40. The molecule has 0 radical (unpaired) electrons. The summed E-state index contributed by atoms with van der Waals surface area (Å²) in [5.74, 6) is -0.882. The summed E-state index contributed by atoms with van der Waals surface area (Å²) in [5.41, 5.74) is 5.14. The molecule has 1 aliphatic heterocycles. The van der Waals surface area contributed by atoms with Gasteiger partial charge in [-0.25, -0.2) is 4.39 Å². The van der Waals surface area contributed by atoms with Crippen molar-refractivity contribution in [2.45, 2.75) is 51.0 Å². The number of nitrogens with two attached hydrogens (primary N) is 1. The third kappa shape index (κ3) is 3.37. The molecule has 1 saturated heterocycles. The van der Waals surface area contributed by atoms with Gasteiger partial charge < -0.3 is 5.73 Å². The molecule has 2 nitrogen and oxygen atoms in total. The lowest BCUT2D eigenvalue weighted by Gasteiger charge is -2.38. The monoisotopic (exact) mass is 304 g/mol. The van der Waals surface area contributed by atoms with Crippen LogP contribution in [0.4, 0.5) is 17.6 Å². The van der Waals surface area contributed by atoms with Crippen molar-refractivity contribution in [3.05, 3.63) is 35.1 Å². The Bertz CT molecular complexity index is 519. The maximum Gasteiger partial charge on any atom is 0.416 e. The highest BCUT2D eigenvalue weighted by Crippen LogP contribution is 2.39. The molecule has 2 atom stereocenters. The SMILES string of the molecule is CC(C)(C)N1CCC(N)C1c1cc(F)cc(C(F)(F)F)c1. The van der Waals surface area contributed by atoms with Crippen LogP contribution in [0, 0.1) is 5.82 Å². The van der Waals surface area contributed by atoms with Crippen LogP contribution in [0.3, 0.4) is 0 Å². The molecule has 118 valence electrons. The predicted octanol–water partition coefficient (Wildman–Crippen LogP) is 3.72. The second kappa shape index (κ2) is 5.25. The van der Waals surface area contributed by atoms with Crippen LogP contribution in [0.1, 0.15) is 44.4 Å². The molecule has 0 aliphatic carbocycles. The molecule has 0 spiro atoms. The Morgan fingerprint density at radius 1 is 1.14 bits per heavy atom. The van der Waals surface area contributed by atoms with E-state index in [4.69, 9.17) is 5.73 Å². The van der Waals surface area contributed by atoms with E-state index in [0.717, 1.165) is 12.1 Å². The second-order valence-electron chi connectivity index (χ2n) is 6.53. The zero-order chi connectivity index (χ0) is 16.0. The summed E-state index contributed by atoms with van der Waals surface area (Å²) < 4.78 is 52.2. The average Bonchev–Trinajstić information content (AvgIpc) is 2.68. The fourth-order valence-corrected chi connectivity index (χ4v) is 2.94. The Balaban J connectivity index is 2.47. The fraction of sp³-hybridized carbons (Fsp3) is 0.600. The van der Waals surface area contributed by atoms with Crippen LogP contribution in [-0.2, 0) is 6.18 Å². The summed E-state index contributed by atoms with van der Waals surface area (Å²) in [6, 6.07) is 1.99. The van der Waals surface area contributed by atoms with E-state index >= 15 is 0 Å². The van der Waals surface area contributed by atoms with E-state index in [9.17, 15) is 17.6 Å². The molecule has 2 rings (SSSR count). The second-order valence-corrected chi connectivity index (χ2v) is 6.53. The normalized spacial score (nSPS) is 24.6. The number of rotatable bonds is 1. The van der Waals surface area contributed by atoms with E-state index < -0.39 is 23.6 Å². The molecule has 2 unspecified atom stereocenters. The van der Waals surface area contributed by atoms with Gasteiger partial charge in [0.15, 0.2) is 0 Å². The summed E-state index contributed by atoms with van der Waals surface area (Å²) in [7, 11) is 0. The van der Waals surface area contributed by atoms with Gasteiger partial charge in [-0.2, -0.15) is 13.2 Å². The van der Waals surface area contributed by atoms with Crippen LogP contribution in [0.25, 0.3) is 0 Å². The lowest BCUT2D eigenvalue weighted by atomic mass is 9.95. The minimum atomic E-state index is -4.56. The van der Waals surface area contributed by atoms with Crippen LogP contribution in [-0.4, -0.2) is 23.0 Å². The first-order chi connectivity index (χ1) is 9.50. The van der Waals surface area contributed by atoms with E-state index in [2.05, 4.69) is 0 Å². The van der Waals surface area contributed by atoms with Crippen LogP contribution >= 0.6 is 0 Å². The topological polar surface area (TPSA) is 29.3 Å². The minimum absolute atomic E-state index is 0.247. The van der Waals surface area contributed by atoms with Gasteiger partial charge in [0, 0.05) is 18.1 Å². The van der Waals surface area contributed by atoms with Gasteiger partial charge in [-0.1, -0.05) is 0 Å². The molecule has 0 amide bonds. The quantitative estimate of drug-likeness (QED) is 0.801. The van der Waals surface area contributed by atoms with Gasteiger partial charge in [0.05, 0.1) is 11.6 Å². The van der Waals surface area contributed by atoms with Gasteiger partial charge in [0.2, 0.25) is 0 Å². The minimum Gasteiger partial charge on any atom is -0.326 e. The maximum atomic E-state index is 13.6. The van der Waals surface area contributed by atoms with Gasteiger partial charge in [0.1, 0.15) is 5.82 Å². The molecule has 2 N–H and O–H groups in total. The van der Waals surface area contributed by atoms with E-state index in [0.29, 0.717) is 24.6 Å². The maximum absolute atomic E-state index is 13.6. The number of hydrogen-bond acceptors (Lipinski definition) is 2. The van der Waals surface area contributed by atoms with Crippen molar-refractivity contribution in [2.75, 3.05) is 6.54 Å². The van der Waals surface area contributed by atoms with Crippen molar-refractivity contribution in [3.63, 3.8) is 0 Å². The van der Waals surface area contributed by atoms with Crippen LogP contribution in [0.2, 0.25) is 0 Å². The van der Waals surface area contributed by atoms with Gasteiger partial charge in [0.25, 0.3) is 0 Å². The molecular weight excluding hydrogens is 284 g/mol. The number of hydrogen-bond donors (Lipinski definition) is 1. The third-order valence-electron chi connectivity index (χ3n) is 3.90. The molecule has 1 aromatic carbocycles. The first-order valence-corrected chi connectivity index (χ1v) is 6.90. The standard InChI is InChI=1S/C15H20F4N2/c1-14(2,3)21-5-4-12(20)13(21)9-6-10(15(17,18)19)8-11(16)7-9/h6-8,12-13H,4-5,20H2,1-3H3. The number of likely N-dealkylation sites (tertiary alicyclic amines) is 1. The largest absolute Gasteiger partial charge is 0.416 e. The molecular formula is C15H20F4N2. The van der Waals surface area contributed by atoms with E-state index in [-0.39, 0.29) is 11.6 Å². The lowest BCUT2D eigenvalue weighted by molar-refractivity contribution is -0.137. The smallest absolute Gasteiger partial charge is 0.326 e. The van der Waals surface area contributed by atoms with Crippen LogP contribution in [0.15, 0.2) is 18.2 Å². The number of halogens is 4. The molecule has 0 aromatic heterocycles. The molecule has 21 heavy (non-hydrogen) atoms. The zero-order valence-corrected chi connectivity index (χ0v) is 12.3. The average molecular weight is 304 g/mol. The molecule has 1 fully saturated rings. The first kappa shape index (κ1) is 16.2. The van der Waals surface area contributed by atoms with Crippen molar-refractivity contribution < 1.29 is 17.6 Å². The highest BCUT2D eigenvalue weighted by molar-refractivity contribution is 5.31. The van der Waals surface area contributed by atoms with Crippen molar-refractivity contribution in [3.8, 4) is 0 Å². The van der Waals surface area contributed by atoms with Crippen molar-refractivity contribution in [2.24, 2.45) is 5.73 Å². The molecule has 1 aliphatic rings. The Kier molecular flexibility index (Phi) is 4.06. The van der Waals surface area contributed by atoms with Gasteiger partial charge in [-0.3, -0.25) is 4.90 Å². The number of benzene rings is 1. The van der Waals surface area contributed by atoms with E-state index in [1.165, 1.54) is 0 Å². The Morgan fingerprint density at radius 3 is 2.29 bits per heavy atom. The summed E-state index contributed by atoms with van der Waals surface area (Å²) in [4.78, 5) is 2.03. The molecule has 1 heterocycles. The van der Waals surface area contributed by atoms with Crippen molar-refractivity contribution in [1.29, 1.82) is 0 Å². The summed E-state index contributed by atoms with van der Waals surface area (Å²) in [6.45, 7) is 6.61. The van der Waals surface area contributed by atoms with Gasteiger partial charge >= 0.3 is 6.18 Å². The van der Waals surface area contributed by atoms with Crippen LogP contribution in [0.5, 0.6) is 0 Å². The molecule has 0 bridgehead atoms. The summed E-state index contributed by atoms with van der Waals surface area (Å²) >= 11 is 0. The van der Waals surface area contributed by atoms with Crippen molar-refractivity contribution in [1.82, 2.24) is 4.90 Å². The fourth-order valence-electron chi connectivity index (χ4n) is 2.94. The summed E-state index contributed by atoms with van der Waals surface area (Å²) in [6.07, 6.45) is -3.88. The predicted molar refractivity (Wildman–Crippen MR) is 73.2 cm³/mol. The number of alkyl halides is 3. The molecule has 6 heteroatoms. The van der Waals surface area contributed by atoms with Gasteiger partial charge in [-0.05, 0) is 51.0 Å². The number of nitrogens with zero attached hydrogens (tertiary/aromatic N) is 1. The highest BCUT2D eigenvalue weighted by atomic mass is 19.4. The first-order valence-electron chi connectivity index (χ1n) is 6.90. The molecule has 1 aromatic rings. The zero-order valence-electron chi connectivity index (χ0n) is 12.3. The summed E-state index contributed by atoms with van der Waals surface area (Å²) in [5, 5.41) is 0. The third-order valence-corrected chi connectivity index (χ3v) is 3.90.